The molecule has 208 valence electrons. The number of amides is 3. The molecule has 1 aromatic carbocycles. The number of hydrogen-bond donors (Lipinski definition) is 3. The van der Waals surface area contributed by atoms with E-state index in [9.17, 15) is 19.2 Å². The van der Waals surface area contributed by atoms with Crippen LogP contribution in [0.25, 0.3) is 0 Å². The summed E-state index contributed by atoms with van der Waals surface area (Å²) in [6.45, 7) is 11.9. The van der Waals surface area contributed by atoms with Crippen molar-refractivity contribution < 1.29 is 23.9 Å². The summed E-state index contributed by atoms with van der Waals surface area (Å²) in [6.07, 6.45) is 0.583. The number of benzene rings is 1. The van der Waals surface area contributed by atoms with Crippen LogP contribution in [0, 0.1) is 17.8 Å². The number of halogens is 2. The number of carbonyl (C=O) groups is 4. The maximum Gasteiger partial charge on any atom is 0.408 e. The van der Waals surface area contributed by atoms with E-state index in [-0.39, 0.29) is 32.1 Å². The van der Waals surface area contributed by atoms with Crippen molar-refractivity contribution in [3.05, 3.63) is 35.9 Å². The molecule has 0 spiro atoms. The third-order valence-corrected chi connectivity index (χ3v) is 6.68. The zero-order chi connectivity index (χ0) is 28.1. The molecule has 0 heterocycles. The molecule has 37 heavy (non-hydrogen) atoms. The fourth-order valence-corrected chi connectivity index (χ4v) is 4.60. The van der Waals surface area contributed by atoms with E-state index in [2.05, 4.69) is 16.0 Å². The van der Waals surface area contributed by atoms with Crippen molar-refractivity contribution in [1.29, 1.82) is 0 Å². The van der Waals surface area contributed by atoms with Crippen LogP contribution in [0.5, 0.6) is 0 Å². The molecule has 0 aliphatic rings. The summed E-state index contributed by atoms with van der Waals surface area (Å²) < 4.78 is 5.02. The first kappa shape index (κ1) is 33.6. The lowest BCUT2D eigenvalue weighted by Gasteiger charge is -2.27. The van der Waals surface area contributed by atoms with Crippen molar-refractivity contribution in [2.24, 2.45) is 17.8 Å². The third kappa shape index (κ3) is 13.8. The van der Waals surface area contributed by atoms with Gasteiger partial charge in [0.15, 0.2) is 5.78 Å². The molecule has 0 saturated carbocycles. The van der Waals surface area contributed by atoms with Crippen LogP contribution in [0.2, 0.25) is 0 Å². The molecule has 3 atom stereocenters. The van der Waals surface area contributed by atoms with E-state index in [1.807, 2.05) is 117 Å². The molecule has 3 amide bonds. The molecule has 1 rings (SSSR count). The standard InChI is InChI=1S/C27H41I2N3O5/c1-16(2)12-20(23(33)24(28)29)30-25(34)21(13-17(3)4)31-26(35)22(14-18(5)6)32-27(36)37-15-19-10-8-7-9-11-19/h7-11,16-18,20-22,24H,12-15H2,1-6H3,(H,30,34)(H,31,35)(H,32,36)/t20-,21-,22-/m0/s1. The van der Waals surface area contributed by atoms with Gasteiger partial charge in [0, 0.05) is 0 Å². The Balaban J connectivity index is 2.95. The summed E-state index contributed by atoms with van der Waals surface area (Å²) in [6, 6.07) is 6.93. The lowest BCUT2D eigenvalue weighted by molar-refractivity contribution is -0.132. The first-order chi connectivity index (χ1) is 17.3. The van der Waals surface area contributed by atoms with Gasteiger partial charge in [-0.1, -0.05) is 117 Å². The highest BCUT2D eigenvalue weighted by Gasteiger charge is 2.32. The van der Waals surface area contributed by atoms with Crippen molar-refractivity contribution in [3.8, 4) is 0 Å². The number of alkyl halides is 2. The van der Waals surface area contributed by atoms with Gasteiger partial charge in [-0.25, -0.2) is 4.79 Å². The minimum Gasteiger partial charge on any atom is -0.445 e. The zero-order valence-corrected chi connectivity index (χ0v) is 26.9. The second-order valence-electron chi connectivity index (χ2n) is 10.5. The summed E-state index contributed by atoms with van der Waals surface area (Å²) in [5, 5.41) is 8.35. The van der Waals surface area contributed by atoms with Crippen molar-refractivity contribution >= 4 is 68.9 Å². The number of ether oxygens (including phenoxy) is 1. The van der Waals surface area contributed by atoms with E-state index in [0.717, 1.165) is 5.56 Å². The van der Waals surface area contributed by atoms with Gasteiger partial charge in [0.1, 0.15) is 20.6 Å². The number of Topliss-reactive ketones (excluding diaryl/α,β-unsaturated/α-hetero) is 1. The van der Waals surface area contributed by atoms with Gasteiger partial charge in [0.05, 0.1) is 6.04 Å². The van der Waals surface area contributed by atoms with Crippen molar-refractivity contribution in [2.75, 3.05) is 0 Å². The molecular formula is C27H41I2N3O5. The Hall–Kier alpha value is -1.44. The first-order valence-corrected chi connectivity index (χ1v) is 15.2. The molecule has 0 radical (unpaired) electrons. The number of hydrogen-bond acceptors (Lipinski definition) is 5. The highest BCUT2D eigenvalue weighted by Crippen LogP contribution is 2.18. The van der Waals surface area contributed by atoms with E-state index in [0.29, 0.717) is 19.3 Å². The fraction of sp³-hybridized carbons (Fsp3) is 0.630. The van der Waals surface area contributed by atoms with Crippen LogP contribution in [-0.4, -0.2) is 43.7 Å². The summed E-state index contributed by atoms with van der Waals surface area (Å²) >= 11 is 4.08. The molecule has 0 aromatic heterocycles. The van der Waals surface area contributed by atoms with Crippen LogP contribution in [0.1, 0.15) is 66.4 Å². The molecule has 0 unspecified atom stereocenters. The second kappa shape index (κ2) is 17.2. The monoisotopic (exact) mass is 741 g/mol. The molecule has 0 bridgehead atoms. The maximum atomic E-state index is 13.3. The molecule has 3 N–H and O–H groups in total. The molecule has 10 heteroatoms. The van der Waals surface area contributed by atoms with E-state index in [1.165, 1.54) is 0 Å². The SMILES string of the molecule is CC(C)C[C@H](NC(=O)OCc1ccccc1)C(=O)N[C@@H](CC(C)C)C(=O)N[C@@H](CC(C)C)C(=O)C(I)I. The first-order valence-electron chi connectivity index (χ1n) is 12.7. The third-order valence-electron chi connectivity index (χ3n) is 5.45. The Kier molecular flexibility index (Phi) is 15.6. The van der Waals surface area contributed by atoms with Crippen LogP contribution in [0.4, 0.5) is 4.79 Å². The minimum atomic E-state index is -0.869. The quantitative estimate of drug-likeness (QED) is 0.170. The topological polar surface area (TPSA) is 114 Å². The van der Waals surface area contributed by atoms with E-state index < -0.39 is 36.0 Å². The lowest BCUT2D eigenvalue weighted by atomic mass is 9.98. The average Bonchev–Trinajstić information content (AvgIpc) is 2.80. The minimum absolute atomic E-state index is 0.0571. The summed E-state index contributed by atoms with van der Waals surface area (Å²) in [5.74, 6) is -0.480. The van der Waals surface area contributed by atoms with Gasteiger partial charge in [0.2, 0.25) is 11.8 Å². The van der Waals surface area contributed by atoms with Crippen LogP contribution < -0.4 is 16.0 Å². The highest BCUT2D eigenvalue weighted by molar-refractivity contribution is 14.2. The summed E-state index contributed by atoms with van der Waals surface area (Å²) in [7, 11) is 0. The Morgan fingerprint density at radius 2 is 1.14 bits per heavy atom. The molecule has 1 aromatic rings. The van der Waals surface area contributed by atoms with E-state index in [1.54, 1.807) is 0 Å². The lowest BCUT2D eigenvalue weighted by Crippen LogP contribution is -2.56. The van der Waals surface area contributed by atoms with E-state index in [4.69, 9.17) is 4.74 Å². The van der Waals surface area contributed by atoms with E-state index >= 15 is 0 Å². The molecule has 0 fully saturated rings. The Labute approximate surface area is 248 Å². The Morgan fingerprint density at radius 1 is 0.703 bits per heavy atom. The molecule has 8 nitrogen and oxygen atoms in total. The second-order valence-corrected chi connectivity index (χ2v) is 15.3. The van der Waals surface area contributed by atoms with Crippen molar-refractivity contribution in [3.63, 3.8) is 0 Å². The number of nitrogens with one attached hydrogen (secondary N) is 3. The van der Waals surface area contributed by atoms with Crippen molar-refractivity contribution in [2.45, 2.75) is 87.5 Å². The van der Waals surface area contributed by atoms with Gasteiger partial charge in [0.25, 0.3) is 0 Å². The fourth-order valence-electron chi connectivity index (χ4n) is 3.73. The van der Waals surface area contributed by atoms with Gasteiger partial charge >= 0.3 is 6.09 Å². The number of alkyl carbamates (subject to hydrolysis) is 1. The van der Waals surface area contributed by atoms with Crippen molar-refractivity contribution in [1.82, 2.24) is 16.0 Å². The van der Waals surface area contributed by atoms with Gasteiger partial charge in [-0.3, -0.25) is 14.4 Å². The van der Waals surface area contributed by atoms with Crippen LogP contribution >= 0.6 is 45.2 Å². The number of carbonyl (C=O) groups excluding carboxylic acids is 4. The normalized spacial score (nSPS) is 13.8. The zero-order valence-electron chi connectivity index (χ0n) is 22.6. The van der Waals surface area contributed by atoms with Crippen LogP contribution in [-0.2, 0) is 25.7 Å². The Morgan fingerprint density at radius 3 is 1.59 bits per heavy atom. The van der Waals surface area contributed by atoms with Gasteiger partial charge in [-0.2, -0.15) is 0 Å². The summed E-state index contributed by atoms with van der Waals surface area (Å²) in [5.41, 5.74) is 0.835. The predicted molar refractivity (Wildman–Crippen MR) is 163 cm³/mol. The predicted octanol–water partition coefficient (Wildman–Crippen LogP) is 5.15. The average molecular weight is 741 g/mol. The largest absolute Gasteiger partial charge is 0.445 e. The number of ketones is 1. The molecular weight excluding hydrogens is 700 g/mol. The van der Waals surface area contributed by atoms with Gasteiger partial charge in [-0.15, -0.1) is 0 Å². The highest BCUT2D eigenvalue weighted by atomic mass is 127. The molecule has 0 aliphatic carbocycles. The smallest absolute Gasteiger partial charge is 0.408 e. The molecule has 0 saturated heterocycles. The Bertz CT molecular complexity index is 878. The van der Waals surface area contributed by atoms with Gasteiger partial charge < -0.3 is 20.7 Å². The maximum absolute atomic E-state index is 13.3. The van der Waals surface area contributed by atoms with Gasteiger partial charge in [-0.05, 0) is 42.6 Å². The van der Waals surface area contributed by atoms with Crippen LogP contribution in [0.15, 0.2) is 30.3 Å². The summed E-state index contributed by atoms with van der Waals surface area (Å²) in [4.78, 5) is 51.7. The molecule has 0 aliphatic heterocycles. The number of rotatable bonds is 15. The van der Waals surface area contributed by atoms with Crippen LogP contribution in [0.3, 0.4) is 0 Å².